The predicted molar refractivity (Wildman–Crippen MR) is 50.7 cm³/mol. The Morgan fingerprint density at radius 2 is 1.65 bits per heavy atom. The first kappa shape index (κ1) is 25.8. The van der Waals surface area contributed by atoms with E-state index in [0.29, 0.717) is 6.42 Å². The zero-order chi connectivity index (χ0) is 10.7. The van der Waals surface area contributed by atoms with Crippen molar-refractivity contribution in [3.63, 3.8) is 0 Å². The van der Waals surface area contributed by atoms with E-state index in [2.05, 4.69) is 6.58 Å². The van der Waals surface area contributed by atoms with Crippen LogP contribution in [0.2, 0.25) is 0 Å². The van der Waals surface area contributed by atoms with Gasteiger partial charge in [0.25, 0.3) is 0 Å². The molecule has 17 heavy (non-hydrogen) atoms. The summed E-state index contributed by atoms with van der Waals surface area (Å²) in [6.45, 7) is 3.15. The fourth-order valence-corrected chi connectivity index (χ4v) is 1.56. The van der Waals surface area contributed by atoms with Gasteiger partial charge in [-0.2, -0.15) is 0 Å². The van der Waals surface area contributed by atoms with Crippen molar-refractivity contribution in [3.8, 4) is 0 Å². The monoisotopic (exact) mass is 883 g/mol. The van der Waals surface area contributed by atoms with Gasteiger partial charge in [0.1, 0.15) is 12.2 Å². The molecule has 0 aliphatic carbocycles. The molecule has 5 nitrogen and oxygen atoms in total. The molecule has 4 unspecified atom stereocenters. The quantitative estimate of drug-likeness (QED) is 0.333. The second-order valence-corrected chi connectivity index (χ2v) is 3.43. The van der Waals surface area contributed by atoms with Crippen LogP contribution in [-0.2, 0) is 4.74 Å². The smallest absolute Gasteiger partial charge is 0.109 e. The van der Waals surface area contributed by atoms with Crippen molar-refractivity contribution in [2.24, 2.45) is 0 Å². The van der Waals surface area contributed by atoms with Gasteiger partial charge in [-0.05, 0) is 6.42 Å². The van der Waals surface area contributed by atoms with Crippen LogP contribution in [-0.4, -0.2) is 52.4 Å². The maximum absolute atomic E-state index is 9.48. The number of hydrogen-bond acceptors (Lipinski definition) is 4. The van der Waals surface area contributed by atoms with E-state index < -0.39 is 30.5 Å². The van der Waals surface area contributed by atoms with Gasteiger partial charge in [0, 0.05) is 138 Å². The molecule has 1 aliphatic heterocycles. The third kappa shape index (κ3) is 7.61. The van der Waals surface area contributed by atoms with Crippen molar-refractivity contribution in [2.75, 3.05) is 6.61 Å². The summed E-state index contributed by atoms with van der Waals surface area (Å²) in [6, 6.07) is -0.897. The minimum Gasteiger partial charge on any atom is -0.670 e. The summed E-state index contributed by atoms with van der Waals surface area (Å²) in [5, 5.41) is 27.8. The molecule has 0 saturated carbocycles. The minimum atomic E-state index is -1.19. The Morgan fingerprint density at radius 1 is 1.12 bits per heavy atom. The summed E-state index contributed by atoms with van der Waals surface area (Å²) in [7, 11) is 0. The summed E-state index contributed by atoms with van der Waals surface area (Å²) in [6.07, 6.45) is -1.67. The molecule has 1 aliphatic rings. The second-order valence-electron chi connectivity index (χ2n) is 3.43. The third-order valence-corrected chi connectivity index (χ3v) is 2.43. The molecule has 0 aromatic rings. The van der Waals surface area contributed by atoms with Crippen LogP contribution in [0.15, 0.2) is 12.7 Å². The van der Waals surface area contributed by atoms with Crippen LogP contribution in [0.1, 0.15) is 6.42 Å². The van der Waals surface area contributed by atoms with Crippen molar-refractivity contribution in [1.29, 1.82) is 0 Å². The summed E-state index contributed by atoms with van der Waals surface area (Å²) in [4.78, 5) is 0. The Labute approximate surface area is 209 Å². The fourth-order valence-electron chi connectivity index (χ4n) is 1.56. The van der Waals surface area contributed by atoms with Crippen molar-refractivity contribution in [2.45, 2.75) is 36.9 Å². The van der Waals surface area contributed by atoms with E-state index in [-0.39, 0.29) is 139 Å². The number of rotatable bonds is 3. The molecule has 0 aromatic heterocycles. The Hall–Kier alpha value is 3.86. The van der Waals surface area contributed by atoms with Crippen LogP contribution in [0.25, 0.3) is 5.73 Å². The molecule has 4 N–H and O–H groups in total. The number of ether oxygens (including phenoxy) is 1. The van der Waals surface area contributed by atoms with Crippen molar-refractivity contribution in [1.82, 2.24) is 0 Å². The molecule has 1 fully saturated rings. The molecule has 91 valence electrons. The maximum atomic E-state index is 9.48. The normalized spacial score (nSPS) is 35.9. The van der Waals surface area contributed by atoms with E-state index in [9.17, 15) is 10.2 Å². The van der Waals surface area contributed by atoms with E-state index in [1.54, 1.807) is 6.08 Å². The van der Waals surface area contributed by atoms with Crippen LogP contribution in [0.3, 0.4) is 0 Å². The van der Waals surface area contributed by atoms with Crippen LogP contribution in [0.5, 0.6) is 0 Å². The zero-order valence-corrected chi connectivity index (χ0v) is 23.8. The number of aliphatic hydroxyl groups is 3. The summed E-state index contributed by atoms with van der Waals surface area (Å²) in [5.41, 5.74) is 7.57. The summed E-state index contributed by atoms with van der Waals surface area (Å²) < 4.78 is 5.25. The Bertz CT molecular complexity index is 209. The van der Waals surface area contributed by atoms with Gasteiger partial charge in [0.05, 0.1) is 12.7 Å². The molecule has 0 amide bonds. The summed E-state index contributed by atoms with van der Waals surface area (Å²) in [5.74, 6) is 0. The van der Waals surface area contributed by atoms with Gasteiger partial charge in [-0.3, -0.25) is 0 Å². The van der Waals surface area contributed by atoms with E-state index in [1.165, 1.54) is 0 Å². The molecule has 1 heterocycles. The first-order valence-electron chi connectivity index (χ1n) is 4.56. The average molecular weight is 883 g/mol. The average Bonchev–Trinajstić information content (AvgIpc) is 2.19. The molecule has 0 aromatic carbocycles. The van der Waals surface area contributed by atoms with Crippen molar-refractivity contribution in [3.05, 3.63) is 18.4 Å². The van der Waals surface area contributed by atoms with Gasteiger partial charge < -0.3 is 25.8 Å². The topological polar surface area (TPSA) is 93.7 Å². The van der Waals surface area contributed by atoms with Gasteiger partial charge in [-0.25, -0.2) is 0 Å². The molecule has 3 radical (unpaired) electrons. The molecular formula is C9H16Ac3NO4-. The van der Waals surface area contributed by atoms with E-state index >= 15 is 0 Å². The molecule has 5 atom stereocenters. The Kier molecular flexibility index (Phi) is 20.5. The van der Waals surface area contributed by atoms with E-state index in [1.807, 2.05) is 0 Å². The molecular weight excluding hydrogens is 867 g/mol. The maximum Gasteiger partial charge on any atom is 0.109 e. The fraction of sp³-hybridized carbons (Fsp3) is 0.778. The molecule has 1 rings (SSSR count). The second kappa shape index (κ2) is 13.5. The van der Waals surface area contributed by atoms with Crippen LogP contribution in [0, 0.1) is 132 Å². The predicted octanol–water partition coefficient (Wildman–Crippen LogP) is -0.535. The zero-order valence-electron chi connectivity index (χ0n) is 9.57. The van der Waals surface area contributed by atoms with E-state index in [0.717, 1.165) is 0 Å². The van der Waals surface area contributed by atoms with Gasteiger partial charge >= 0.3 is 0 Å². The SMILES string of the molecule is C=CC[C@H]1OC(CO)C(O)C(O)C1[NH-].[Ac].[Ac].[Ac]. The molecule has 8 heteroatoms. The summed E-state index contributed by atoms with van der Waals surface area (Å²) >= 11 is 0. The van der Waals surface area contributed by atoms with Gasteiger partial charge in [-0.15, -0.1) is 6.58 Å². The van der Waals surface area contributed by atoms with Gasteiger partial charge in [0.15, 0.2) is 0 Å². The largest absolute Gasteiger partial charge is 0.670 e. The van der Waals surface area contributed by atoms with Gasteiger partial charge in [0.2, 0.25) is 0 Å². The van der Waals surface area contributed by atoms with E-state index in [4.69, 9.17) is 15.6 Å². The number of nitrogens with one attached hydrogen (secondary N) is 1. The Balaban J connectivity index is -0.000000653. The number of hydrogen-bond donors (Lipinski definition) is 3. The van der Waals surface area contributed by atoms with Crippen molar-refractivity contribution >= 4 is 0 Å². The Morgan fingerprint density at radius 3 is 2.06 bits per heavy atom. The van der Waals surface area contributed by atoms with Crippen LogP contribution in [0.4, 0.5) is 0 Å². The third-order valence-electron chi connectivity index (χ3n) is 2.43. The molecule has 1 saturated heterocycles. The van der Waals surface area contributed by atoms with Gasteiger partial charge in [-0.1, -0.05) is 12.1 Å². The van der Waals surface area contributed by atoms with Crippen molar-refractivity contribution < 1.29 is 152 Å². The molecule has 0 bridgehead atoms. The van der Waals surface area contributed by atoms with Crippen LogP contribution < -0.4 is 0 Å². The minimum absolute atomic E-state index is 0. The first-order valence-corrected chi connectivity index (χ1v) is 4.56. The number of aliphatic hydroxyl groups excluding tert-OH is 3. The molecule has 0 spiro atoms. The van der Waals surface area contributed by atoms with Crippen LogP contribution >= 0.6 is 0 Å². The standard InChI is InChI=1S/C9H16NO4.3Ac/c1-2-3-5-7(10)9(13)8(12)6(4-11)14-5;;;/h2,5-13H,1,3-4H2;;;/q-1;;;/t5-,6?,7?,8?,9?;;;/m1.../s1. The first-order chi connectivity index (χ1) is 6.61.